The van der Waals surface area contributed by atoms with Gasteiger partial charge in [-0.2, -0.15) is 0 Å². The quantitative estimate of drug-likeness (QED) is 0.0714. The molecule has 0 aliphatic carbocycles. The number of carbonyl (C=O) groups excluding carboxylic acids is 6. The van der Waals surface area contributed by atoms with Crippen LogP contribution in [0.1, 0.15) is 74.4 Å². The molecular formula is C48H41N3O9S. The van der Waals surface area contributed by atoms with Crippen molar-refractivity contribution in [3.8, 4) is 0 Å². The Labute approximate surface area is 356 Å². The van der Waals surface area contributed by atoms with E-state index in [1.807, 2.05) is 121 Å². The number of aliphatic hydroxyl groups excluding tert-OH is 1. The van der Waals surface area contributed by atoms with Crippen molar-refractivity contribution < 1.29 is 43.3 Å². The van der Waals surface area contributed by atoms with Gasteiger partial charge >= 0.3 is 11.9 Å². The molecule has 1 fully saturated rings. The zero-order chi connectivity index (χ0) is 42.5. The Morgan fingerprint density at radius 2 is 1.13 bits per heavy atom. The van der Waals surface area contributed by atoms with Crippen LogP contribution in [-0.4, -0.2) is 80.3 Å². The van der Waals surface area contributed by atoms with E-state index in [2.05, 4.69) is 5.32 Å². The van der Waals surface area contributed by atoms with Gasteiger partial charge in [0, 0.05) is 12.2 Å². The van der Waals surface area contributed by atoms with Crippen LogP contribution in [-0.2, 0) is 28.7 Å². The summed E-state index contributed by atoms with van der Waals surface area (Å²) in [5.41, 5.74) is 3.43. The fraction of sp³-hybridized carbons (Fsp3) is 0.208. The summed E-state index contributed by atoms with van der Waals surface area (Å²) in [7, 11) is 0. The first-order chi connectivity index (χ1) is 29.7. The zero-order valence-electron chi connectivity index (χ0n) is 32.8. The van der Waals surface area contributed by atoms with Crippen LogP contribution >= 0.6 is 11.8 Å². The summed E-state index contributed by atoms with van der Waals surface area (Å²) in [6.07, 6.45) is -1.83. The highest BCUT2D eigenvalue weighted by molar-refractivity contribution is 8.00. The van der Waals surface area contributed by atoms with E-state index in [0.717, 1.165) is 16.0 Å². The number of fused-ring (bicyclic) bond motifs is 2. The van der Waals surface area contributed by atoms with Crippen LogP contribution in [0.4, 0.5) is 0 Å². The van der Waals surface area contributed by atoms with Crippen molar-refractivity contribution >= 4 is 47.3 Å². The van der Waals surface area contributed by atoms with Crippen molar-refractivity contribution in [2.45, 2.75) is 48.9 Å². The third-order valence-corrected chi connectivity index (χ3v) is 12.2. The zero-order valence-corrected chi connectivity index (χ0v) is 33.6. The number of hydrogen-bond donors (Lipinski definition) is 2. The molecular weight excluding hydrogens is 795 g/mol. The number of esters is 2. The molecule has 8 rings (SSSR count). The smallest absolute Gasteiger partial charge is 0.356 e. The number of ether oxygens (including phenoxy) is 2. The second kappa shape index (κ2) is 18.2. The van der Waals surface area contributed by atoms with Gasteiger partial charge in [-0.1, -0.05) is 133 Å². The highest BCUT2D eigenvalue weighted by atomic mass is 32.2. The van der Waals surface area contributed by atoms with E-state index in [0.29, 0.717) is 16.7 Å². The SMILES string of the molecule is O=C(CCCC(C(=O)OC(c1ccccc1)c1ccccc1)N1C(=O)c2ccccc2C1=O)N[C@@H]1C(=O)N2C(C(=O)OC(c3ccccc3)c3ccccc3)=C(CO)CS[C@H]12. The number of benzene rings is 5. The molecule has 3 heterocycles. The molecule has 5 aromatic carbocycles. The van der Waals surface area contributed by atoms with Crippen molar-refractivity contribution in [1.29, 1.82) is 0 Å². The van der Waals surface area contributed by atoms with Gasteiger partial charge in [0.05, 0.1) is 17.7 Å². The molecule has 308 valence electrons. The van der Waals surface area contributed by atoms with Crippen LogP contribution in [0.25, 0.3) is 0 Å². The number of imide groups is 1. The Morgan fingerprint density at radius 3 is 1.61 bits per heavy atom. The van der Waals surface area contributed by atoms with Gasteiger partial charge < -0.3 is 19.9 Å². The Kier molecular flexibility index (Phi) is 12.2. The van der Waals surface area contributed by atoms with E-state index in [-0.39, 0.29) is 41.8 Å². The van der Waals surface area contributed by atoms with E-state index in [1.165, 1.54) is 28.8 Å². The molecule has 0 saturated carbocycles. The van der Waals surface area contributed by atoms with E-state index in [4.69, 9.17) is 9.47 Å². The lowest BCUT2D eigenvalue weighted by Gasteiger charge is -2.49. The van der Waals surface area contributed by atoms with Crippen molar-refractivity contribution in [3.05, 3.63) is 190 Å². The van der Waals surface area contributed by atoms with Crippen molar-refractivity contribution in [2.75, 3.05) is 12.4 Å². The summed E-state index contributed by atoms with van der Waals surface area (Å²) < 4.78 is 12.2. The molecule has 61 heavy (non-hydrogen) atoms. The summed E-state index contributed by atoms with van der Waals surface area (Å²) in [4.78, 5) is 84.9. The van der Waals surface area contributed by atoms with E-state index >= 15 is 0 Å². The molecule has 1 saturated heterocycles. The Hall–Kier alpha value is -6.83. The molecule has 13 heteroatoms. The maximum Gasteiger partial charge on any atom is 0.356 e. The molecule has 0 radical (unpaired) electrons. The maximum absolute atomic E-state index is 14.2. The lowest BCUT2D eigenvalue weighted by molar-refractivity contribution is -0.155. The molecule has 3 atom stereocenters. The third-order valence-electron chi connectivity index (χ3n) is 10.9. The Bertz CT molecular complexity index is 2370. The van der Waals surface area contributed by atoms with Crippen LogP contribution in [0.2, 0.25) is 0 Å². The lowest BCUT2D eigenvalue weighted by Crippen LogP contribution is -2.70. The average Bonchev–Trinajstić information content (AvgIpc) is 3.56. The largest absolute Gasteiger partial charge is 0.451 e. The molecule has 3 aliphatic rings. The molecule has 0 bridgehead atoms. The lowest BCUT2D eigenvalue weighted by atomic mass is 10.0. The predicted octanol–water partition coefficient (Wildman–Crippen LogP) is 6.13. The van der Waals surface area contributed by atoms with Crippen LogP contribution in [0.15, 0.2) is 157 Å². The number of nitrogens with one attached hydrogen (secondary N) is 1. The van der Waals surface area contributed by atoms with Crippen LogP contribution in [0, 0.1) is 0 Å². The molecule has 12 nitrogen and oxygen atoms in total. The maximum atomic E-state index is 14.2. The van der Waals surface area contributed by atoms with Gasteiger partial charge in [0.2, 0.25) is 5.91 Å². The van der Waals surface area contributed by atoms with Gasteiger partial charge in [0.15, 0.2) is 12.2 Å². The topological polar surface area (TPSA) is 160 Å². The first-order valence-electron chi connectivity index (χ1n) is 19.9. The monoisotopic (exact) mass is 835 g/mol. The Morgan fingerprint density at radius 1 is 0.672 bits per heavy atom. The van der Waals surface area contributed by atoms with Gasteiger partial charge in [-0.3, -0.25) is 29.0 Å². The Balaban J connectivity index is 0.955. The number of carbonyl (C=O) groups is 6. The van der Waals surface area contributed by atoms with Gasteiger partial charge in [-0.25, -0.2) is 9.59 Å². The fourth-order valence-electron chi connectivity index (χ4n) is 7.86. The highest BCUT2D eigenvalue weighted by Crippen LogP contribution is 2.42. The number of nitrogens with zero attached hydrogens (tertiary/aromatic N) is 2. The van der Waals surface area contributed by atoms with Crippen LogP contribution in [0.3, 0.4) is 0 Å². The van der Waals surface area contributed by atoms with Crippen LogP contribution in [0.5, 0.6) is 0 Å². The predicted molar refractivity (Wildman–Crippen MR) is 225 cm³/mol. The summed E-state index contributed by atoms with van der Waals surface area (Å²) >= 11 is 1.30. The molecule has 0 spiro atoms. The number of hydrogen-bond acceptors (Lipinski definition) is 10. The molecule has 5 aromatic rings. The summed E-state index contributed by atoms with van der Waals surface area (Å²) in [5.74, 6) is -3.70. The summed E-state index contributed by atoms with van der Waals surface area (Å²) in [5, 5.41) is 12.4. The van der Waals surface area contributed by atoms with E-state index in [1.54, 1.807) is 12.1 Å². The minimum absolute atomic E-state index is 0.0507. The first-order valence-corrected chi connectivity index (χ1v) is 20.9. The fourth-order valence-corrected chi connectivity index (χ4v) is 9.20. The van der Waals surface area contributed by atoms with Gasteiger partial charge in [-0.15, -0.1) is 11.8 Å². The van der Waals surface area contributed by atoms with Crippen LogP contribution < -0.4 is 5.32 Å². The van der Waals surface area contributed by atoms with Gasteiger partial charge in [0.25, 0.3) is 17.7 Å². The third kappa shape index (κ3) is 8.34. The minimum Gasteiger partial charge on any atom is -0.451 e. The first kappa shape index (κ1) is 40.9. The van der Waals surface area contributed by atoms with Crippen molar-refractivity contribution in [1.82, 2.24) is 15.1 Å². The number of β-lactam (4-membered cyclic amide) rings is 1. The number of rotatable bonds is 15. The number of thioether (sulfide) groups is 1. The second-order valence-corrected chi connectivity index (χ2v) is 15.8. The molecule has 0 aromatic heterocycles. The summed E-state index contributed by atoms with van der Waals surface area (Å²) in [6.45, 7) is -0.472. The standard InChI is InChI=1S/C48H41N3O9S/c52-28-34-29-61-46-39(45(56)51(46)40(34)48(58)60-42(32-20-9-3-10-21-32)33-22-11-4-12-23-33)49-38(53)27-15-26-37(50-43(54)35-24-13-14-25-36(35)44(50)55)47(57)59-41(30-16-5-1-6-17-30)31-18-7-2-8-19-31/h1-14,16-25,37,39,41-42,46,52H,15,26-29H2,(H,49,53)/t37?,39-,46-/m1/s1. The molecule has 4 amide bonds. The van der Waals surface area contributed by atoms with Gasteiger partial charge in [-0.05, 0) is 52.8 Å². The van der Waals surface area contributed by atoms with E-state index in [9.17, 15) is 33.9 Å². The normalized spacial score (nSPS) is 17.5. The van der Waals surface area contributed by atoms with Gasteiger partial charge in [0.1, 0.15) is 23.2 Å². The molecule has 1 unspecified atom stereocenters. The minimum atomic E-state index is -1.36. The number of aliphatic hydroxyl groups is 1. The van der Waals surface area contributed by atoms with Crippen molar-refractivity contribution in [2.24, 2.45) is 0 Å². The molecule has 2 N–H and O–H groups in total. The number of amides is 4. The second-order valence-electron chi connectivity index (χ2n) is 14.7. The summed E-state index contributed by atoms with van der Waals surface area (Å²) in [6, 6.07) is 40.6. The highest BCUT2D eigenvalue weighted by Gasteiger charge is 2.54. The van der Waals surface area contributed by atoms with E-state index < -0.39 is 71.8 Å². The molecule has 3 aliphatic heterocycles. The average molecular weight is 836 g/mol. The van der Waals surface area contributed by atoms with Crippen molar-refractivity contribution in [3.63, 3.8) is 0 Å².